The number of amides is 1. The van der Waals surface area contributed by atoms with Crippen molar-refractivity contribution < 1.29 is 9.32 Å². The van der Waals surface area contributed by atoms with Crippen LogP contribution in [0.1, 0.15) is 97.6 Å². The molecular weight excluding hydrogens is 502 g/mol. The monoisotopic (exact) mass is 537 g/mol. The molecule has 40 heavy (non-hydrogen) atoms. The summed E-state index contributed by atoms with van der Waals surface area (Å²) in [6, 6.07) is 10.6. The maximum atomic E-state index is 13.0. The standard InChI is InChI=1S/C31H35N7O2/c1-6-38-18(2)15-26(36-38)25-17-23-21(13-14-32-27(23)33-25)20-11-12-22-19(16-20)9-7-8-10-24(22)34-28(39)29-35-30(37-40-29)31(3,4)5/h11-16,24H,6-10,17H2,1-5H3,(H,34,39). The van der Waals surface area contributed by atoms with Gasteiger partial charge in [-0.05, 0) is 67.5 Å². The van der Waals surface area contributed by atoms with E-state index in [-0.39, 0.29) is 23.3 Å². The molecule has 0 spiro atoms. The van der Waals surface area contributed by atoms with Crippen LogP contribution in [-0.2, 0) is 24.8 Å². The Kier molecular flexibility index (Phi) is 6.60. The van der Waals surface area contributed by atoms with Gasteiger partial charge in [0.15, 0.2) is 11.6 Å². The molecule has 0 fully saturated rings. The summed E-state index contributed by atoms with van der Waals surface area (Å²) in [7, 11) is 0. The SMILES string of the molecule is CCn1nc(C2=Nc3nccc(-c4ccc5c(c4)CCCCC5NC(=O)c4nc(C(C)(C)C)no4)c3C2)cc1C. The molecule has 1 unspecified atom stereocenters. The highest BCUT2D eigenvalue weighted by Crippen LogP contribution is 2.38. The molecule has 4 heterocycles. The average Bonchev–Trinajstić information content (AvgIpc) is 3.65. The molecule has 1 amide bonds. The topological polar surface area (TPSA) is 111 Å². The number of hydrogen-bond acceptors (Lipinski definition) is 7. The van der Waals surface area contributed by atoms with Gasteiger partial charge in [0.2, 0.25) is 0 Å². The van der Waals surface area contributed by atoms with Gasteiger partial charge >= 0.3 is 11.8 Å². The highest BCUT2D eigenvalue weighted by molar-refractivity contribution is 6.06. The van der Waals surface area contributed by atoms with Gasteiger partial charge in [-0.25, -0.2) is 9.98 Å². The van der Waals surface area contributed by atoms with Gasteiger partial charge in [0.25, 0.3) is 0 Å². The molecule has 2 aliphatic rings. The van der Waals surface area contributed by atoms with Gasteiger partial charge in [-0.2, -0.15) is 10.1 Å². The third kappa shape index (κ3) is 4.85. The van der Waals surface area contributed by atoms with Crippen LogP contribution < -0.4 is 5.32 Å². The van der Waals surface area contributed by atoms with E-state index in [1.54, 1.807) is 0 Å². The number of nitrogens with zero attached hydrogens (tertiary/aromatic N) is 6. The van der Waals surface area contributed by atoms with Crippen LogP contribution in [0.2, 0.25) is 0 Å². The Labute approximate surface area is 234 Å². The van der Waals surface area contributed by atoms with Crippen LogP contribution in [0.15, 0.2) is 46.0 Å². The summed E-state index contributed by atoms with van der Waals surface area (Å²) >= 11 is 0. The molecule has 0 saturated carbocycles. The van der Waals surface area contributed by atoms with Crippen molar-refractivity contribution in [1.29, 1.82) is 0 Å². The summed E-state index contributed by atoms with van der Waals surface area (Å²) in [4.78, 5) is 26.8. The van der Waals surface area contributed by atoms with Crippen LogP contribution in [0.3, 0.4) is 0 Å². The zero-order valence-electron chi connectivity index (χ0n) is 23.8. The molecule has 1 aromatic carbocycles. The third-order valence-electron chi connectivity index (χ3n) is 7.81. The molecule has 0 saturated heterocycles. The predicted octanol–water partition coefficient (Wildman–Crippen LogP) is 5.83. The number of carbonyl (C=O) groups is 1. The van der Waals surface area contributed by atoms with E-state index in [1.807, 2.05) is 31.6 Å². The Hall–Kier alpha value is -4.14. The van der Waals surface area contributed by atoms with Gasteiger partial charge in [-0.3, -0.25) is 9.48 Å². The number of fused-ring (bicyclic) bond motifs is 2. The van der Waals surface area contributed by atoms with Crippen molar-refractivity contribution in [3.63, 3.8) is 0 Å². The van der Waals surface area contributed by atoms with E-state index >= 15 is 0 Å². The number of pyridine rings is 1. The number of aryl methyl sites for hydroxylation is 3. The van der Waals surface area contributed by atoms with E-state index in [0.29, 0.717) is 12.2 Å². The van der Waals surface area contributed by atoms with Crippen molar-refractivity contribution in [3.8, 4) is 11.1 Å². The summed E-state index contributed by atoms with van der Waals surface area (Å²) in [5.74, 6) is 0.969. The Morgan fingerprint density at radius 3 is 2.77 bits per heavy atom. The Morgan fingerprint density at radius 2 is 2.02 bits per heavy atom. The second-order valence-corrected chi connectivity index (χ2v) is 11.7. The van der Waals surface area contributed by atoms with E-state index in [0.717, 1.165) is 77.4 Å². The van der Waals surface area contributed by atoms with Crippen LogP contribution in [0.4, 0.5) is 5.82 Å². The third-order valence-corrected chi connectivity index (χ3v) is 7.81. The van der Waals surface area contributed by atoms with E-state index in [2.05, 4.69) is 64.6 Å². The number of benzene rings is 1. The lowest BCUT2D eigenvalue weighted by Crippen LogP contribution is -2.29. The van der Waals surface area contributed by atoms with Gasteiger partial charge in [0.1, 0.15) is 5.69 Å². The van der Waals surface area contributed by atoms with E-state index in [4.69, 9.17) is 14.6 Å². The van der Waals surface area contributed by atoms with Crippen molar-refractivity contribution in [1.82, 2.24) is 30.2 Å². The number of rotatable bonds is 5. The minimum absolute atomic E-state index is 0.00876. The number of carbonyl (C=O) groups excluding carboxylic acids is 1. The Bertz CT molecular complexity index is 1620. The van der Waals surface area contributed by atoms with Gasteiger partial charge < -0.3 is 9.84 Å². The van der Waals surface area contributed by atoms with E-state index in [9.17, 15) is 4.79 Å². The lowest BCUT2D eigenvalue weighted by Gasteiger charge is -2.19. The second-order valence-electron chi connectivity index (χ2n) is 11.7. The first kappa shape index (κ1) is 26.1. The molecule has 6 rings (SSSR count). The number of nitrogens with one attached hydrogen (secondary N) is 1. The molecule has 9 heteroatoms. The fourth-order valence-electron chi connectivity index (χ4n) is 5.62. The summed E-state index contributed by atoms with van der Waals surface area (Å²) < 4.78 is 7.29. The van der Waals surface area contributed by atoms with Crippen molar-refractivity contribution in [2.45, 2.75) is 84.7 Å². The zero-order chi connectivity index (χ0) is 28.0. The number of aliphatic imine (C=N–C) groups is 1. The summed E-state index contributed by atoms with van der Waals surface area (Å²) in [5.41, 5.74) is 8.53. The van der Waals surface area contributed by atoms with Crippen molar-refractivity contribution in [2.24, 2.45) is 4.99 Å². The number of aromatic nitrogens is 5. The van der Waals surface area contributed by atoms with E-state index in [1.165, 1.54) is 5.56 Å². The fraction of sp³-hybridized carbons (Fsp3) is 0.419. The van der Waals surface area contributed by atoms with Crippen molar-refractivity contribution in [2.75, 3.05) is 0 Å². The number of hydrogen-bond donors (Lipinski definition) is 1. The minimum atomic E-state index is -0.331. The molecule has 0 radical (unpaired) electrons. The van der Waals surface area contributed by atoms with Crippen LogP contribution in [0, 0.1) is 6.92 Å². The molecular formula is C31H35N7O2. The van der Waals surface area contributed by atoms with Crippen molar-refractivity contribution >= 4 is 17.4 Å². The first-order valence-corrected chi connectivity index (χ1v) is 14.1. The van der Waals surface area contributed by atoms with Gasteiger partial charge in [0, 0.05) is 35.8 Å². The molecule has 1 aliphatic carbocycles. The summed E-state index contributed by atoms with van der Waals surface area (Å²) in [6.07, 6.45) is 6.46. The molecule has 9 nitrogen and oxygen atoms in total. The molecule has 1 N–H and O–H groups in total. The lowest BCUT2D eigenvalue weighted by atomic mass is 9.92. The fourth-order valence-corrected chi connectivity index (χ4v) is 5.62. The van der Waals surface area contributed by atoms with E-state index < -0.39 is 0 Å². The highest BCUT2D eigenvalue weighted by atomic mass is 16.5. The van der Waals surface area contributed by atoms with Gasteiger partial charge in [-0.1, -0.05) is 50.5 Å². The Morgan fingerprint density at radius 1 is 1.18 bits per heavy atom. The lowest BCUT2D eigenvalue weighted by molar-refractivity contribution is 0.0890. The second kappa shape index (κ2) is 10.1. The summed E-state index contributed by atoms with van der Waals surface area (Å²) in [5, 5.41) is 11.9. The smallest absolute Gasteiger partial charge is 0.315 e. The predicted molar refractivity (Wildman–Crippen MR) is 153 cm³/mol. The molecule has 1 atom stereocenters. The maximum Gasteiger partial charge on any atom is 0.315 e. The zero-order valence-corrected chi connectivity index (χ0v) is 23.8. The largest absolute Gasteiger partial charge is 0.341 e. The normalized spacial score (nSPS) is 16.7. The van der Waals surface area contributed by atoms with Gasteiger partial charge in [0.05, 0.1) is 11.8 Å². The average molecular weight is 538 g/mol. The first-order chi connectivity index (χ1) is 19.2. The van der Waals surface area contributed by atoms with Crippen LogP contribution in [-0.4, -0.2) is 36.5 Å². The Balaban J connectivity index is 1.26. The minimum Gasteiger partial charge on any atom is -0.341 e. The van der Waals surface area contributed by atoms with Gasteiger partial charge in [-0.15, -0.1) is 0 Å². The van der Waals surface area contributed by atoms with Crippen LogP contribution >= 0.6 is 0 Å². The molecule has 3 aromatic heterocycles. The maximum absolute atomic E-state index is 13.0. The molecule has 4 aromatic rings. The summed E-state index contributed by atoms with van der Waals surface area (Å²) in [6.45, 7) is 11.0. The molecule has 0 bridgehead atoms. The van der Waals surface area contributed by atoms with Crippen molar-refractivity contribution in [3.05, 3.63) is 76.3 Å². The first-order valence-electron chi connectivity index (χ1n) is 14.1. The quantitative estimate of drug-likeness (QED) is 0.321. The molecule has 1 aliphatic heterocycles. The van der Waals surface area contributed by atoms with Crippen LogP contribution in [0.25, 0.3) is 11.1 Å². The highest BCUT2D eigenvalue weighted by Gasteiger charge is 2.28. The molecule has 206 valence electrons. The van der Waals surface area contributed by atoms with Crippen LogP contribution in [0.5, 0.6) is 0 Å².